The van der Waals surface area contributed by atoms with Crippen LogP contribution >= 0.6 is 15.9 Å². The number of fused-ring (bicyclic) bond motifs is 1. The zero-order chi connectivity index (χ0) is 16.7. The van der Waals surface area contributed by atoms with Crippen LogP contribution < -0.4 is 5.32 Å². The molecular weight excluding hydrogens is 360 g/mol. The molecule has 0 aliphatic carbocycles. The molecule has 0 fully saturated rings. The summed E-state index contributed by atoms with van der Waals surface area (Å²) in [6, 6.07) is 5.67. The summed E-state index contributed by atoms with van der Waals surface area (Å²) in [5.74, 6) is -0.394. The van der Waals surface area contributed by atoms with E-state index in [1.54, 1.807) is 6.20 Å². The zero-order valence-electron chi connectivity index (χ0n) is 12.8. The van der Waals surface area contributed by atoms with Crippen molar-refractivity contribution in [3.8, 4) is 6.07 Å². The van der Waals surface area contributed by atoms with E-state index in [0.717, 1.165) is 10.1 Å². The molecule has 0 aliphatic rings. The van der Waals surface area contributed by atoms with Crippen LogP contribution in [-0.2, 0) is 9.53 Å². The number of nitrogens with one attached hydrogen (secondary N) is 1. The van der Waals surface area contributed by atoms with Crippen molar-refractivity contribution in [3.63, 3.8) is 0 Å². The molecule has 0 saturated carbocycles. The Hall–Kier alpha value is -2.17. The van der Waals surface area contributed by atoms with Gasteiger partial charge in [-0.25, -0.2) is 4.98 Å². The Morgan fingerprint density at radius 2 is 2.39 bits per heavy atom. The van der Waals surface area contributed by atoms with E-state index in [4.69, 9.17) is 4.74 Å². The maximum atomic E-state index is 12.1. The van der Waals surface area contributed by atoms with Crippen LogP contribution in [0.25, 0.3) is 11.7 Å². The van der Waals surface area contributed by atoms with Gasteiger partial charge in [-0.05, 0) is 47.5 Å². The fourth-order valence-corrected chi connectivity index (χ4v) is 2.33. The third kappa shape index (κ3) is 4.65. The molecule has 0 aliphatic heterocycles. The van der Waals surface area contributed by atoms with Gasteiger partial charge in [-0.1, -0.05) is 0 Å². The molecule has 2 heterocycles. The van der Waals surface area contributed by atoms with Gasteiger partial charge in [0.25, 0.3) is 5.91 Å². The second-order valence-electron chi connectivity index (χ2n) is 4.73. The number of carbonyl (C=O) groups excluding carboxylic acids is 1. The van der Waals surface area contributed by atoms with Crippen LogP contribution in [0.4, 0.5) is 0 Å². The molecule has 6 nitrogen and oxygen atoms in total. The first-order chi connectivity index (χ1) is 11.2. The summed E-state index contributed by atoms with van der Waals surface area (Å²) in [6.07, 6.45) is 5.70. The molecule has 0 bridgehead atoms. The van der Waals surface area contributed by atoms with Crippen molar-refractivity contribution in [2.24, 2.45) is 0 Å². The number of aromatic nitrogens is 2. The standard InChI is InChI=1S/C16H17BrN4O2/c1-2-23-7-3-6-19-16(22)12(9-18)8-14-10-20-15-5-4-13(17)11-21(14)15/h4-5,8,10-11H,2-3,6-7H2,1H3,(H,19,22)/b12-8-. The lowest BCUT2D eigenvalue weighted by atomic mass is 10.2. The molecule has 0 aromatic carbocycles. The van der Waals surface area contributed by atoms with E-state index in [9.17, 15) is 10.1 Å². The smallest absolute Gasteiger partial charge is 0.262 e. The molecule has 1 amide bonds. The Kier molecular flexibility index (Phi) is 6.32. The van der Waals surface area contributed by atoms with Gasteiger partial charge in [0.05, 0.1) is 11.9 Å². The molecule has 2 aromatic rings. The van der Waals surface area contributed by atoms with Gasteiger partial charge in [0.15, 0.2) is 0 Å². The molecule has 120 valence electrons. The minimum absolute atomic E-state index is 0.0446. The van der Waals surface area contributed by atoms with Crippen LogP contribution in [0, 0.1) is 11.3 Å². The minimum Gasteiger partial charge on any atom is -0.382 e. The Morgan fingerprint density at radius 3 is 3.13 bits per heavy atom. The summed E-state index contributed by atoms with van der Waals surface area (Å²) in [6.45, 7) is 3.63. The number of rotatable bonds is 7. The molecule has 0 spiro atoms. The molecule has 23 heavy (non-hydrogen) atoms. The predicted octanol–water partition coefficient (Wildman–Crippen LogP) is 2.55. The monoisotopic (exact) mass is 376 g/mol. The molecule has 2 aromatic heterocycles. The van der Waals surface area contributed by atoms with Gasteiger partial charge in [-0.3, -0.25) is 9.20 Å². The van der Waals surface area contributed by atoms with Crippen molar-refractivity contribution in [3.05, 3.63) is 40.3 Å². The van der Waals surface area contributed by atoms with E-state index in [1.165, 1.54) is 6.08 Å². The first-order valence-corrected chi connectivity index (χ1v) is 8.05. The van der Waals surface area contributed by atoms with E-state index in [0.29, 0.717) is 31.9 Å². The van der Waals surface area contributed by atoms with Gasteiger partial charge in [-0.15, -0.1) is 0 Å². The lowest BCUT2D eigenvalue weighted by Gasteiger charge is -2.04. The highest BCUT2D eigenvalue weighted by Crippen LogP contribution is 2.15. The molecule has 1 N–H and O–H groups in total. The highest BCUT2D eigenvalue weighted by Gasteiger charge is 2.10. The molecular formula is C16H17BrN4O2. The summed E-state index contributed by atoms with van der Waals surface area (Å²) in [5.41, 5.74) is 1.46. The van der Waals surface area contributed by atoms with E-state index in [1.807, 2.05) is 35.7 Å². The Labute approximate surface area is 142 Å². The number of pyridine rings is 1. The van der Waals surface area contributed by atoms with Gasteiger partial charge in [0.2, 0.25) is 0 Å². The largest absolute Gasteiger partial charge is 0.382 e. The van der Waals surface area contributed by atoms with Crippen molar-refractivity contribution in [1.82, 2.24) is 14.7 Å². The van der Waals surface area contributed by atoms with Crippen molar-refractivity contribution < 1.29 is 9.53 Å². The summed E-state index contributed by atoms with van der Waals surface area (Å²) in [7, 11) is 0. The van der Waals surface area contributed by atoms with Gasteiger partial charge in [0, 0.05) is 30.4 Å². The van der Waals surface area contributed by atoms with E-state index >= 15 is 0 Å². The summed E-state index contributed by atoms with van der Waals surface area (Å²) < 4.78 is 7.89. The number of imidazole rings is 1. The Morgan fingerprint density at radius 1 is 1.57 bits per heavy atom. The molecule has 0 radical (unpaired) electrons. The maximum absolute atomic E-state index is 12.1. The van der Waals surface area contributed by atoms with E-state index in [-0.39, 0.29) is 5.57 Å². The third-order valence-electron chi connectivity index (χ3n) is 3.11. The van der Waals surface area contributed by atoms with E-state index < -0.39 is 5.91 Å². The minimum atomic E-state index is -0.394. The summed E-state index contributed by atoms with van der Waals surface area (Å²) in [5, 5.41) is 11.9. The van der Waals surface area contributed by atoms with Crippen molar-refractivity contribution in [2.45, 2.75) is 13.3 Å². The molecule has 0 saturated heterocycles. The fraction of sp³-hybridized carbons (Fsp3) is 0.312. The zero-order valence-corrected chi connectivity index (χ0v) is 14.3. The third-order valence-corrected chi connectivity index (χ3v) is 3.58. The molecule has 0 unspecified atom stereocenters. The van der Waals surface area contributed by atoms with Crippen LogP contribution in [-0.4, -0.2) is 35.1 Å². The maximum Gasteiger partial charge on any atom is 0.262 e. The highest BCUT2D eigenvalue weighted by molar-refractivity contribution is 9.10. The predicted molar refractivity (Wildman–Crippen MR) is 90.6 cm³/mol. The number of amides is 1. The number of ether oxygens (including phenoxy) is 1. The average Bonchev–Trinajstić information content (AvgIpc) is 2.94. The van der Waals surface area contributed by atoms with E-state index in [2.05, 4.69) is 26.2 Å². The lowest BCUT2D eigenvalue weighted by molar-refractivity contribution is -0.117. The number of carbonyl (C=O) groups is 1. The van der Waals surface area contributed by atoms with Gasteiger partial charge in [-0.2, -0.15) is 5.26 Å². The highest BCUT2D eigenvalue weighted by atomic mass is 79.9. The van der Waals surface area contributed by atoms with Gasteiger partial charge < -0.3 is 10.1 Å². The number of halogens is 1. The van der Waals surface area contributed by atoms with Crippen LogP contribution in [0.3, 0.4) is 0 Å². The summed E-state index contributed by atoms with van der Waals surface area (Å²) in [4.78, 5) is 16.3. The number of hydrogen-bond donors (Lipinski definition) is 1. The first-order valence-electron chi connectivity index (χ1n) is 7.26. The number of nitriles is 1. The van der Waals surface area contributed by atoms with Crippen molar-refractivity contribution in [2.75, 3.05) is 19.8 Å². The Bertz CT molecular complexity index is 761. The Balaban J connectivity index is 2.09. The normalized spacial score (nSPS) is 11.4. The van der Waals surface area contributed by atoms with Crippen LogP contribution in [0.2, 0.25) is 0 Å². The fourth-order valence-electron chi connectivity index (χ4n) is 1.99. The molecule has 0 atom stereocenters. The second kappa shape index (κ2) is 8.46. The topological polar surface area (TPSA) is 79.4 Å². The van der Waals surface area contributed by atoms with Gasteiger partial charge in [0.1, 0.15) is 17.3 Å². The van der Waals surface area contributed by atoms with Crippen molar-refractivity contribution >= 4 is 33.6 Å². The number of nitrogens with zero attached hydrogens (tertiary/aromatic N) is 3. The summed E-state index contributed by atoms with van der Waals surface area (Å²) >= 11 is 3.39. The van der Waals surface area contributed by atoms with Crippen molar-refractivity contribution in [1.29, 1.82) is 5.26 Å². The van der Waals surface area contributed by atoms with Crippen LogP contribution in [0.5, 0.6) is 0 Å². The quantitative estimate of drug-likeness (QED) is 0.457. The first kappa shape index (κ1) is 17.2. The van der Waals surface area contributed by atoms with Crippen LogP contribution in [0.15, 0.2) is 34.6 Å². The SMILES string of the molecule is CCOCCCNC(=O)/C(C#N)=C\c1cnc2ccc(Br)cn12. The molecule has 2 rings (SSSR count). The lowest BCUT2D eigenvalue weighted by Crippen LogP contribution is -2.26. The second-order valence-corrected chi connectivity index (χ2v) is 5.65. The van der Waals surface area contributed by atoms with Gasteiger partial charge >= 0.3 is 0 Å². The van der Waals surface area contributed by atoms with Crippen LogP contribution in [0.1, 0.15) is 19.0 Å². The average molecular weight is 377 g/mol. The molecule has 7 heteroatoms. The number of hydrogen-bond acceptors (Lipinski definition) is 4.